The number of aromatic nitrogens is 2. The minimum atomic E-state index is -3.55. The molecule has 1 aliphatic carbocycles. The van der Waals surface area contributed by atoms with Gasteiger partial charge in [0, 0.05) is 41.9 Å². The number of nitrogens with one attached hydrogen (secondary N) is 2. The Kier molecular flexibility index (Phi) is 8.41. The van der Waals surface area contributed by atoms with Crippen molar-refractivity contribution in [2.24, 2.45) is 13.0 Å². The highest BCUT2D eigenvalue weighted by molar-refractivity contribution is 7.91. The van der Waals surface area contributed by atoms with E-state index in [2.05, 4.69) is 22.5 Å². The van der Waals surface area contributed by atoms with Crippen molar-refractivity contribution < 1.29 is 17.9 Å². The zero-order chi connectivity index (χ0) is 30.0. The third-order valence-electron chi connectivity index (χ3n) is 7.93. The van der Waals surface area contributed by atoms with Crippen molar-refractivity contribution in [1.29, 1.82) is 0 Å². The van der Waals surface area contributed by atoms with E-state index in [0.29, 0.717) is 40.5 Å². The molecule has 0 saturated heterocycles. The van der Waals surface area contributed by atoms with Crippen LogP contribution >= 0.6 is 0 Å². The molecule has 5 rings (SSSR count). The van der Waals surface area contributed by atoms with Gasteiger partial charge in [0.05, 0.1) is 10.6 Å². The molecule has 1 amide bonds. The summed E-state index contributed by atoms with van der Waals surface area (Å²) >= 11 is 0. The molecule has 1 aliphatic rings. The van der Waals surface area contributed by atoms with Crippen LogP contribution in [0.25, 0.3) is 28.1 Å². The molecule has 0 bridgehead atoms. The van der Waals surface area contributed by atoms with E-state index in [1.54, 1.807) is 44.4 Å². The monoisotopic (exact) mass is 587 g/mol. The predicted molar refractivity (Wildman–Crippen MR) is 167 cm³/mol. The van der Waals surface area contributed by atoms with Crippen LogP contribution in [0.1, 0.15) is 61.1 Å². The molecule has 0 radical (unpaired) electrons. The first-order chi connectivity index (χ1) is 20.1. The van der Waals surface area contributed by atoms with Crippen LogP contribution in [0.3, 0.4) is 0 Å². The summed E-state index contributed by atoms with van der Waals surface area (Å²) in [6.07, 6.45) is 10.9. The van der Waals surface area contributed by atoms with E-state index >= 15 is 0 Å². The van der Waals surface area contributed by atoms with Crippen LogP contribution in [0.5, 0.6) is 11.5 Å². The average molecular weight is 588 g/mol. The van der Waals surface area contributed by atoms with Crippen molar-refractivity contribution in [1.82, 2.24) is 14.9 Å². The molecule has 2 N–H and O–H groups in total. The van der Waals surface area contributed by atoms with Crippen LogP contribution in [0.2, 0.25) is 0 Å². The van der Waals surface area contributed by atoms with Crippen LogP contribution < -0.4 is 15.6 Å². The smallest absolute Gasteiger partial charge is 0.274 e. The highest BCUT2D eigenvalue weighted by atomic mass is 32.2. The molecule has 8 nitrogen and oxygen atoms in total. The van der Waals surface area contributed by atoms with E-state index in [1.807, 2.05) is 32.0 Å². The molecule has 42 heavy (non-hydrogen) atoms. The SMILES string of the molecule is CCNC(=O)c1cc2c(-c3cc(S(=O)(=O)CC)ccc3Oc3c(C)cccc3C=CC3CCCC3)cn(C)c(=O)c2[nH]1. The Balaban J connectivity index is 1.70. The van der Waals surface area contributed by atoms with Crippen molar-refractivity contribution in [2.45, 2.75) is 51.3 Å². The molecule has 1 saturated carbocycles. The first kappa shape index (κ1) is 29.4. The normalized spacial score (nSPS) is 14.2. The summed E-state index contributed by atoms with van der Waals surface area (Å²) in [6.45, 7) is 5.83. The molecule has 9 heteroatoms. The van der Waals surface area contributed by atoms with Gasteiger partial charge in [0.2, 0.25) is 0 Å². The third-order valence-corrected chi connectivity index (χ3v) is 9.66. The Morgan fingerprint density at radius 2 is 1.88 bits per heavy atom. The number of H-pyrrole nitrogens is 1. The Hall–Kier alpha value is -4.11. The molecule has 220 valence electrons. The van der Waals surface area contributed by atoms with Crippen LogP contribution in [0, 0.1) is 12.8 Å². The Labute approximate surface area is 246 Å². The van der Waals surface area contributed by atoms with Gasteiger partial charge in [-0.15, -0.1) is 0 Å². The minimum Gasteiger partial charge on any atom is -0.456 e. The maximum absolute atomic E-state index is 13.1. The number of sulfone groups is 1. The highest BCUT2D eigenvalue weighted by Crippen LogP contribution is 2.40. The van der Waals surface area contributed by atoms with Gasteiger partial charge in [-0.05, 0) is 62.4 Å². The van der Waals surface area contributed by atoms with Gasteiger partial charge >= 0.3 is 0 Å². The van der Waals surface area contributed by atoms with Crippen molar-refractivity contribution in [3.8, 4) is 22.6 Å². The maximum Gasteiger partial charge on any atom is 0.274 e. The number of carbonyl (C=O) groups is 1. The molecule has 4 aromatic rings. The van der Waals surface area contributed by atoms with Crippen molar-refractivity contribution in [3.05, 3.63) is 81.9 Å². The van der Waals surface area contributed by atoms with Gasteiger partial charge in [-0.1, -0.05) is 50.1 Å². The van der Waals surface area contributed by atoms with Crippen molar-refractivity contribution in [2.75, 3.05) is 12.3 Å². The topological polar surface area (TPSA) is 110 Å². The molecule has 0 spiro atoms. The summed E-state index contributed by atoms with van der Waals surface area (Å²) in [5.74, 6) is 1.28. The van der Waals surface area contributed by atoms with Crippen LogP contribution in [0.15, 0.2) is 64.4 Å². The number of benzene rings is 2. The first-order valence-corrected chi connectivity index (χ1v) is 16.1. The van der Waals surface area contributed by atoms with Crippen LogP contribution in [-0.4, -0.2) is 36.2 Å². The summed E-state index contributed by atoms with van der Waals surface area (Å²) in [7, 11) is -1.92. The number of aromatic amines is 1. The third kappa shape index (κ3) is 5.79. The van der Waals surface area contributed by atoms with Gasteiger partial charge in [-0.3, -0.25) is 9.59 Å². The van der Waals surface area contributed by atoms with Gasteiger partial charge in [0.15, 0.2) is 9.84 Å². The Morgan fingerprint density at radius 3 is 2.60 bits per heavy atom. The Bertz CT molecular complexity index is 1840. The lowest BCUT2D eigenvalue weighted by Crippen LogP contribution is -2.23. The largest absolute Gasteiger partial charge is 0.456 e. The standard InChI is InChI=1S/C33H37N3O5S/c1-5-34-32(37)28-19-26-27(20-36(4)33(38)30(26)35-28)25-18-24(42(39,40)6-2)16-17-29(25)41-31-21(3)10-9-13-23(31)15-14-22-11-7-8-12-22/h9-10,13-20,22,35H,5-8,11-12H2,1-4H3,(H,34,37). The summed E-state index contributed by atoms with van der Waals surface area (Å²) in [5, 5.41) is 3.25. The number of ether oxygens (including phenoxy) is 1. The van der Waals surface area contributed by atoms with E-state index in [0.717, 1.165) is 11.1 Å². The number of rotatable bonds is 9. The van der Waals surface area contributed by atoms with Crippen molar-refractivity contribution >= 4 is 32.7 Å². The summed E-state index contributed by atoms with van der Waals surface area (Å²) < 4.78 is 34.0. The number of amides is 1. The zero-order valence-electron chi connectivity index (χ0n) is 24.5. The van der Waals surface area contributed by atoms with Crippen LogP contribution in [0.4, 0.5) is 0 Å². The number of allylic oxidation sites excluding steroid dienone is 1. The second kappa shape index (κ2) is 12.0. The number of nitrogens with zero attached hydrogens (tertiary/aromatic N) is 1. The Morgan fingerprint density at radius 1 is 1.12 bits per heavy atom. The molecule has 0 aliphatic heterocycles. The number of fused-ring (bicyclic) bond motifs is 1. The predicted octanol–water partition coefficient (Wildman–Crippen LogP) is 6.38. The molecular weight excluding hydrogens is 550 g/mol. The van der Waals surface area contributed by atoms with E-state index in [4.69, 9.17) is 4.74 Å². The summed E-state index contributed by atoms with van der Waals surface area (Å²) in [5.41, 5.74) is 3.13. The van der Waals surface area contributed by atoms with E-state index < -0.39 is 9.84 Å². The minimum absolute atomic E-state index is 0.0608. The van der Waals surface area contributed by atoms with Crippen molar-refractivity contribution in [3.63, 3.8) is 0 Å². The van der Waals surface area contributed by atoms with E-state index in [9.17, 15) is 18.0 Å². The van der Waals surface area contributed by atoms with Gasteiger partial charge in [0.1, 0.15) is 22.7 Å². The van der Waals surface area contributed by atoms with Gasteiger partial charge in [-0.2, -0.15) is 0 Å². The second-order valence-electron chi connectivity index (χ2n) is 10.9. The molecule has 0 atom stereocenters. The lowest BCUT2D eigenvalue weighted by atomic mass is 10.0. The molecule has 1 fully saturated rings. The number of hydrogen-bond acceptors (Lipinski definition) is 5. The fourth-order valence-electron chi connectivity index (χ4n) is 5.54. The molecular formula is C33H37N3O5S. The molecule has 2 aromatic carbocycles. The van der Waals surface area contributed by atoms with E-state index in [1.165, 1.54) is 30.3 Å². The number of carbonyl (C=O) groups excluding carboxylic acids is 1. The summed E-state index contributed by atoms with van der Waals surface area (Å²) in [4.78, 5) is 28.9. The molecule has 2 aromatic heterocycles. The number of pyridine rings is 1. The zero-order valence-corrected chi connectivity index (χ0v) is 25.3. The van der Waals surface area contributed by atoms with Gasteiger partial charge < -0.3 is 19.6 Å². The lowest BCUT2D eigenvalue weighted by Gasteiger charge is -2.17. The first-order valence-electron chi connectivity index (χ1n) is 14.5. The van der Waals surface area contributed by atoms with Gasteiger partial charge in [-0.25, -0.2) is 8.42 Å². The van der Waals surface area contributed by atoms with Crippen LogP contribution in [-0.2, 0) is 16.9 Å². The fraction of sp³-hybridized carbons (Fsp3) is 0.333. The maximum atomic E-state index is 13.1. The molecule has 2 heterocycles. The average Bonchev–Trinajstić information content (AvgIpc) is 3.66. The highest BCUT2D eigenvalue weighted by Gasteiger charge is 2.22. The fourth-order valence-corrected chi connectivity index (χ4v) is 6.45. The lowest BCUT2D eigenvalue weighted by molar-refractivity contribution is 0.0951. The van der Waals surface area contributed by atoms with E-state index in [-0.39, 0.29) is 33.3 Å². The second-order valence-corrected chi connectivity index (χ2v) is 13.1. The van der Waals surface area contributed by atoms with Gasteiger partial charge in [0.25, 0.3) is 11.5 Å². The molecule has 0 unspecified atom stereocenters. The number of hydrogen-bond donors (Lipinski definition) is 2. The quantitative estimate of drug-likeness (QED) is 0.236. The number of aryl methyl sites for hydroxylation is 2. The summed E-state index contributed by atoms with van der Waals surface area (Å²) in [6, 6.07) is 12.4. The number of para-hydroxylation sites is 1.